The summed E-state index contributed by atoms with van der Waals surface area (Å²) in [5.41, 5.74) is 6.81. The SMILES string of the molecule is CCOC(=O)[C@](C)(OC[C@@H]1CC[C@H](n2cnc3c(N)nc(-c4ncco4)nc32)O1)P(=O)(O)O. The molecule has 1 saturated heterocycles. The van der Waals surface area contributed by atoms with Crippen LogP contribution in [0.2, 0.25) is 0 Å². The molecule has 3 aromatic rings. The fourth-order valence-electron chi connectivity index (χ4n) is 3.37. The van der Waals surface area contributed by atoms with Crippen LogP contribution in [0.1, 0.15) is 32.9 Å². The van der Waals surface area contributed by atoms with Gasteiger partial charge < -0.3 is 34.1 Å². The Morgan fingerprint density at radius 3 is 2.82 bits per heavy atom. The number of nitrogens with two attached hydrogens (primary N) is 1. The van der Waals surface area contributed by atoms with Crippen molar-refractivity contribution < 1.29 is 37.8 Å². The molecule has 0 radical (unpaired) electrons. The summed E-state index contributed by atoms with van der Waals surface area (Å²) in [4.78, 5) is 48.3. The van der Waals surface area contributed by atoms with Crippen LogP contribution in [0.5, 0.6) is 0 Å². The number of ether oxygens (including phenoxy) is 3. The van der Waals surface area contributed by atoms with Crippen molar-refractivity contribution in [3.63, 3.8) is 0 Å². The maximum absolute atomic E-state index is 12.1. The molecular weight excluding hydrogens is 459 g/mol. The molecule has 1 aliphatic rings. The molecule has 0 aliphatic carbocycles. The Labute approximate surface area is 187 Å². The minimum atomic E-state index is -4.97. The quantitative estimate of drug-likeness (QED) is 0.306. The third kappa shape index (κ3) is 4.35. The fourth-order valence-corrected chi connectivity index (χ4v) is 3.92. The number of carbonyl (C=O) groups excluding carboxylic acids is 1. The average Bonchev–Trinajstić information content (AvgIpc) is 3.51. The number of anilines is 1. The maximum Gasteiger partial charge on any atom is 0.368 e. The van der Waals surface area contributed by atoms with Crippen molar-refractivity contribution in [2.45, 2.75) is 44.4 Å². The smallest absolute Gasteiger partial charge is 0.368 e. The third-order valence-electron chi connectivity index (χ3n) is 5.23. The number of aromatic nitrogens is 5. The van der Waals surface area contributed by atoms with E-state index in [0.29, 0.717) is 24.0 Å². The standard InChI is InChI=1S/C18H23N6O8P/c1-3-29-17(25)18(2,33(26,27)28)31-8-10-4-5-11(32-10)24-9-21-12-13(19)22-14(23-15(12)24)16-20-6-7-30-16/h6-7,9-11H,3-5,8H2,1-2H3,(H2,19,22,23)(H2,26,27,28)/t10-,11+,18+/m0/s1. The van der Waals surface area contributed by atoms with Gasteiger partial charge in [-0.1, -0.05) is 0 Å². The Bertz CT molecular complexity index is 1190. The summed E-state index contributed by atoms with van der Waals surface area (Å²) in [7, 11) is -4.97. The summed E-state index contributed by atoms with van der Waals surface area (Å²) < 4.78 is 35.0. The summed E-state index contributed by atoms with van der Waals surface area (Å²) in [5, 5.41) is -2.43. The van der Waals surface area contributed by atoms with Crippen LogP contribution in [0.25, 0.3) is 22.9 Å². The van der Waals surface area contributed by atoms with Gasteiger partial charge in [0.2, 0.25) is 5.82 Å². The van der Waals surface area contributed by atoms with E-state index >= 15 is 0 Å². The monoisotopic (exact) mass is 482 g/mol. The highest BCUT2D eigenvalue weighted by atomic mass is 31.2. The van der Waals surface area contributed by atoms with Crippen LogP contribution < -0.4 is 5.73 Å². The van der Waals surface area contributed by atoms with Gasteiger partial charge in [-0.25, -0.2) is 24.7 Å². The molecule has 3 aromatic heterocycles. The minimum absolute atomic E-state index is 0.0476. The van der Waals surface area contributed by atoms with Gasteiger partial charge in [0.1, 0.15) is 18.0 Å². The highest BCUT2D eigenvalue weighted by molar-refractivity contribution is 7.54. The van der Waals surface area contributed by atoms with E-state index in [4.69, 9.17) is 24.4 Å². The summed E-state index contributed by atoms with van der Waals surface area (Å²) in [6.07, 6.45) is 4.35. The second kappa shape index (κ2) is 8.80. The largest absolute Gasteiger partial charge is 0.463 e. The minimum Gasteiger partial charge on any atom is -0.463 e. The summed E-state index contributed by atoms with van der Waals surface area (Å²) in [5.74, 6) is -0.599. The molecular formula is C18H23N6O8P. The number of oxazole rings is 1. The lowest BCUT2D eigenvalue weighted by Crippen LogP contribution is -2.41. The van der Waals surface area contributed by atoms with E-state index in [9.17, 15) is 19.1 Å². The lowest BCUT2D eigenvalue weighted by atomic mass is 10.2. The van der Waals surface area contributed by atoms with E-state index in [1.807, 2.05) is 0 Å². The third-order valence-corrected chi connectivity index (χ3v) is 6.65. The van der Waals surface area contributed by atoms with Crippen molar-refractivity contribution in [3.8, 4) is 11.7 Å². The van der Waals surface area contributed by atoms with Gasteiger partial charge in [0.25, 0.3) is 11.2 Å². The summed E-state index contributed by atoms with van der Waals surface area (Å²) in [6, 6.07) is 0. The number of rotatable bonds is 8. The molecule has 0 spiro atoms. The predicted octanol–water partition coefficient (Wildman–Crippen LogP) is 1.21. The topological polar surface area (TPSA) is 198 Å². The first-order chi connectivity index (χ1) is 15.6. The van der Waals surface area contributed by atoms with Gasteiger partial charge in [-0.3, -0.25) is 9.13 Å². The number of carbonyl (C=O) groups is 1. The van der Waals surface area contributed by atoms with Crippen LogP contribution in [0.15, 0.2) is 23.2 Å². The Morgan fingerprint density at radius 2 is 2.15 bits per heavy atom. The second-order valence-corrected chi connectivity index (χ2v) is 9.38. The van der Waals surface area contributed by atoms with E-state index in [1.54, 1.807) is 4.57 Å². The number of fused-ring (bicyclic) bond motifs is 1. The van der Waals surface area contributed by atoms with Crippen LogP contribution in [-0.2, 0) is 23.6 Å². The molecule has 0 aromatic carbocycles. The van der Waals surface area contributed by atoms with Gasteiger partial charge in [0, 0.05) is 0 Å². The highest BCUT2D eigenvalue weighted by Gasteiger charge is 2.53. The van der Waals surface area contributed by atoms with Gasteiger partial charge in [0.15, 0.2) is 11.5 Å². The molecule has 0 saturated carbocycles. The zero-order chi connectivity index (χ0) is 23.8. The highest BCUT2D eigenvalue weighted by Crippen LogP contribution is 2.52. The van der Waals surface area contributed by atoms with E-state index in [2.05, 4.69) is 19.9 Å². The first-order valence-electron chi connectivity index (χ1n) is 10.1. The van der Waals surface area contributed by atoms with Crippen molar-refractivity contribution in [3.05, 3.63) is 18.8 Å². The summed E-state index contributed by atoms with van der Waals surface area (Å²) in [6.45, 7) is 2.25. The molecule has 0 bridgehead atoms. The molecule has 0 amide bonds. The molecule has 0 unspecified atom stereocenters. The van der Waals surface area contributed by atoms with Crippen molar-refractivity contribution in [1.29, 1.82) is 0 Å². The van der Waals surface area contributed by atoms with Gasteiger partial charge in [-0.15, -0.1) is 0 Å². The Kier molecular flexibility index (Phi) is 6.20. The summed E-state index contributed by atoms with van der Waals surface area (Å²) >= 11 is 0. The Hall–Kier alpha value is -2.90. The Balaban J connectivity index is 1.51. The number of hydrogen-bond donors (Lipinski definition) is 3. The lowest BCUT2D eigenvalue weighted by Gasteiger charge is -2.29. The van der Waals surface area contributed by atoms with Gasteiger partial charge in [-0.05, 0) is 26.7 Å². The number of nitrogen functional groups attached to an aromatic ring is 1. The van der Waals surface area contributed by atoms with Gasteiger partial charge >= 0.3 is 13.6 Å². The van der Waals surface area contributed by atoms with Crippen LogP contribution >= 0.6 is 7.60 Å². The zero-order valence-corrected chi connectivity index (χ0v) is 18.7. The predicted molar refractivity (Wildman–Crippen MR) is 111 cm³/mol. The molecule has 3 atom stereocenters. The van der Waals surface area contributed by atoms with Crippen LogP contribution in [-0.4, -0.2) is 64.9 Å². The van der Waals surface area contributed by atoms with Crippen LogP contribution in [0.4, 0.5) is 5.82 Å². The molecule has 14 nitrogen and oxygen atoms in total. The van der Waals surface area contributed by atoms with E-state index < -0.39 is 31.2 Å². The molecule has 4 N–H and O–H groups in total. The normalized spacial score (nSPS) is 20.7. The number of imidazole rings is 1. The van der Waals surface area contributed by atoms with Crippen LogP contribution in [0, 0.1) is 0 Å². The van der Waals surface area contributed by atoms with E-state index in [0.717, 1.165) is 6.92 Å². The zero-order valence-electron chi connectivity index (χ0n) is 17.8. The number of nitrogens with zero attached hydrogens (tertiary/aromatic N) is 5. The average molecular weight is 482 g/mol. The molecule has 33 heavy (non-hydrogen) atoms. The molecule has 4 rings (SSSR count). The Morgan fingerprint density at radius 1 is 1.36 bits per heavy atom. The van der Waals surface area contributed by atoms with E-state index in [1.165, 1.54) is 25.7 Å². The maximum atomic E-state index is 12.1. The van der Waals surface area contributed by atoms with Gasteiger partial charge in [-0.2, -0.15) is 0 Å². The van der Waals surface area contributed by atoms with Crippen molar-refractivity contribution in [2.24, 2.45) is 0 Å². The fraction of sp³-hybridized carbons (Fsp3) is 0.500. The molecule has 4 heterocycles. The molecule has 1 aliphatic heterocycles. The van der Waals surface area contributed by atoms with Crippen molar-refractivity contribution >= 4 is 30.5 Å². The molecule has 1 fully saturated rings. The van der Waals surface area contributed by atoms with Crippen LogP contribution in [0.3, 0.4) is 0 Å². The molecule has 15 heteroatoms. The van der Waals surface area contributed by atoms with E-state index in [-0.39, 0.29) is 30.7 Å². The first kappa shape index (κ1) is 23.3. The van der Waals surface area contributed by atoms with Crippen molar-refractivity contribution in [1.82, 2.24) is 24.5 Å². The van der Waals surface area contributed by atoms with Crippen molar-refractivity contribution in [2.75, 3.05) is 18.9 Å². The number of esters is 1. The second-order valence-electron chi connectivity index (χ2n) is 7.44. The lowest BCUT2D eigenvalue weighted by molar-refractivity contribution is -0.165. The first-order valence-corrected chi connectivity index (χ1v) is 11.7. The number of hydrogen-bond acceptors (Lipinski definition) is 11. The molecule has 178 valence electrons. The van der Waals surface area contributed by atoms with Gasteiger partial charge in [0.05, 0.1) is 31.8 Å².